The van der Waals surface area contributed by atoms with E-state index in [2.05, 4.69) is 4.72 Å². The summed E-state index contributed by atoms with van der Waals surface area (Å²) in [6, 6.07) is 7.94. The van der Waals surface area contributed by atoms with Crippen LogP contribution < -0.4 is 9.46 Å². The second kappa shape index (κ2) is 6.13. The van der Waals surface area contributed by atoms with E-state index in [1.54, 1.807) is 13.0 Å². The van der Waals surface area contributed by atoms with E-state index in [0.29, 0.717) is 5.02 Å². The number of sulfonamides is 1. The molecule has 1 N–H and O–H groups in total. The zero-order chi connectivity index (χ0) is 14.8. The first-order valence-corrected chi connectivity index (χ1v) is 8.57. The average Bonchev–Trinajstić information content (AvgIpc) is 2.92. The molecule has 0 bridgehead atoms. The molecule has 1 aromatic carbocycles. The van der Waals surface area contributed by atoms with Crippen LogP contribution in [-0.4, -0.2) is 15.5 Å². The van der Waals surface area contributed by atoms with Crippen molar-refractivity contribution in [2.45, 2.75) is 17.9 Å². The number of benzene rings is 1. The Hall–Kier alpha value is -1.08. The molecule has 2 rings (SSSR count). The number of hydrogen-bond donors (Lipinski definition) is 1. The maximum Gasteiger partial charge on any atom is 0.244 e. The molecule has 1 heterocycles. The molecule has 0 aliphatic carbocycles. The minimum atomic E-state index is -3.70. The van der Waals surface area contributed by atoms with Crippen molar-refractivity contribution in [3.8, 4) is 5.75 Å². The second-order valence-electron chi connectivity index (χ2n) is 4.15. The summed E-state index contributed by atoms with van der Waals surface area (Å²) >= 11 is 7.37. The van der Waals surface area contributed by atoms with E-state index >= 15 is 0 Å². The van der Waals surface area contributed by atoms with Gasteiger partial charge in [-0.15, -0.1) is 11.3 Å². The van der Waals surface area contributed by atoms with E-state index in [-0.39, 0.29) is 16.7 Å². The quantitative estimate of drug-likeness (QED) is 0.913. The first kappa shape index (κ1) is 15.3. The molecule has 20 heavy (non-hydrogen) atoms. The highest BCUT2D eigenvalue weighted by molar-refractivity contribution is 7.89. The number of hydrogen-bond acceptors (Lipinski definition) is 4. The third-order valence-corrected chi connectivity index (χ3v) is 5.57. The molecule has 7 heteroatoms. The normalized spacial score (nSPS) is 13.2. The standard InChI is InChI=1S/C13H14ClNO3S2/c1-9(12-4-3-7-19-12)15-20(16,17)13-8-10(14)5-6-11(13)18-2/h3-9,15H,1-2H3. The Balaban J connectivity index is 2.33. The van der Waals surface area contributed by atoms with Crippen LogP contribution >= 0.6 is 22.9 Å². The lowest BCUT2D eigenvalue weighted by atomic mass is 10.3. The van der Waals surface area contributed by atoms with Crippen LogP contribution in [0.4, 0.5) is 0 Å². The maximum atomic E-state index is 12.4. The predicted octanol–water partition coefficient (Wildman–Crippen LogP) is 3.45. The number of nitrogens with one attached hydrogen (secondary N) is 1. The molecule has 0 aliphatic rings. The van der Waals surface area contributed by atoms with Gasteiger partial charge in [-0.05, 0) is 36.6 Å². The van der Waals surface area contributed by atoms with E-state index < -0.39 is 10.0 Å². The van der Waals surface area contributed by atoms with Crippen molar-refractivity contribution in [2.24, 2.45) is 0 Å². The number of halogens is 1. The van der Waals surface area contributed by atoms with Gasteiger partial charge < -0.3 is 4.74 Å². The third kappa shape index (κ3) is 3.32. The average molecular weight is 332 g/mol. The molecule has 0 saturated carbocycles. The maximum absolute atomic E-state index is 12.4. The van der Waals surface area contributed by atoms with Gasteiger partial charge in [0.1, 0.15) is 10.6 Å². The Morgan fingerprint density at radius 3 is 2.70 bits per heavy atom. The van der Waals surface area contributed by atoms with Crippen molar-refractivity contribution in [3.05, 3.63) is 45.6 Å². The van der Waals surface area contributed by atoms with Gasteiger partial charge in [0, 0.05) is 9.90 Å². The minimum Gasteiger partial charge on any atom is -0.495 e. The van der Waals surface area contributed by atoms with Gasteiger partial charge in [0.05, 0.1) is 13.2 Å². The first-order valence-electron chi connectivity index (χ1n) is 5.83. The van der Waals surface area contributed by atoms with Gasteiger partial charge in [-0.3, -0.25) is 0 Å². The summed E-state index contributed by atoms with van der Waals surface area (Å²) in [6.45, 7) is 1.79. The highest BCUT2D eigenvalue weighted by Crippen LogP contribution is 2.28. The van der Waals surface area contributed by atoms with Gasteiger partial charge >= 0.3 is 0 Å². The zero-order valence-corrected chi connectivity index (χ0v) is 13.3. The Morgan fingerprint density at radius 1 is 1.35 bits per heavy atom. The van der Waals surface area contributed by atoms with E-state index in [0.717, 1.165) is 4.88 Å². The number of rotatable bonds is 5. The third-order valence-electron chi connectivity index (χ3n) is 2.72. The van der Waals surface area contributed by atoms with Gasteiger partial charge in [0.2, 0.25) is 10.0 Å². The van der Waals surface area contributed by atoms with Crippen LogP contribution in [0.3, 0.4) is 0 Å². The summed E-state index contributed by atoms with van der Waals surface area (Å²) in [7, 11) is -2.28. The SMILES string of the molecule is COc1ccc(Cl)cc1S(=O)(=O)NC(C)c1cccs1. The van der Waals surface area contributed by atoms with Crippen molar-refractivity contribution in [3.63, 3.8) is 0 Å². The summed E-state index contributed by atoms with van der Waals surface area (Å²) in [5.41, 5.74) is 0. The van der Waals surface area contributed by atoms with Gasteiger partial charge in [0.15, 0.2) is 0 Å². The Kier molecular flexibility index (Phi) is 4.70. The Morgan fingerprint density at radius 2 is 2.10 bits per heavy atom. The van der Waals surface area contributed by atoms with Crippen LogP contribution in [0.5, 0.6) is 5.75 Å². The highest BCUT2D eigenvalue weighted by Gasteiger charge is 2.23. The van der Waals surface area contributed by atoms with Crippen LogP contribution in [-0.2, 0) is 10.0 Å². The van der Waals surface area contributed by atoms with Crippen LogP contribution in [0, 0.1) is 0 Å². The van der Waals surface area contributed by atoms with Crippen molar-refractivity contribution in [2.75, 3.05) is 7.11 Å². The topological polar surface area (TPSA) is 55.4 Å². The van der Waals surface area contributed by atoms with Crippen molar-refractivity contribution >= 4 is 33.0 Å². The van der Waals surface area contributed by atoms with Crippen LogP contribution in [0.1, 0.15) is 17.8 Å². The fourth-order valence-corrected chi connectivity index (χ4v) is 4.22. The molecule has 0 saturated heterocycles. The smallest absolute Gasteiger partial charge is 0.244 e. The van der Waals surface area contributed by atoms with Crippen molar-refractivity contribution in [1.29, 1.82) is 0 Å². The van der Waals surface area contributed by atoms with E-state index in [9.17, 15) is 8.42 Å². The van der Waals surface area contributed by atoms with Gasteiger partial charge in [-0.25, -0.2) is 13.1 Å². The highest BCUT2D eigenvalue weighted by atomic mass is 35.5. The monoisotopic (exact) mass is 331 g/mol. The largest absolute Gasteiger partial charge is 0.495 e. The summed E-state index contributed by atoms with van der Waals surface area (Å²) < 4.78 is 32.6. The van der Waals surface area contributed by atoms with Gasteiger partial charge in [-0.1, -0.05) is 17.7 Å². The fourth-order valence-electron chi connectivity index (χ4n) is 1.75. The molecule has 1 atom stereocenters. The molecule has 0 fully saturated rings. The summed E-state index contributed by atoms with van der Waals surface area (Å²) in [6.07, 6.45) is 0. The molecule has 1 unspecified atom stereocenters. The van der Waals surface area contributed by atoms with Crippen LogP contribution in [0.15, 0.2) is 40.6 Å². The molecular formula is C13H14ClNO3S2. The summed E-state index contributed by atoms with van der Waals surface area (Å²) in [5.74, 6) is 0.264. The molecule has 4 nitrogen and oxygen atoms in total. The minimum absolute atomic E-state index is 0.0379. The molecule has 2 aromatic rings. The lowest BCUT2D eigenvalue weighted by molar-refractivity contribution is 0.402. The van der Waals surface area contributed by atoms with E-state index in [4.69, 9.17) is 16.3 Å². The fraction of sp³-hybridized carbons (Fsp3) is 0.231. The number of methoxy groups -OCH3 is 1. The Labute approximate surface area is 127 Å². The predicted molar refractivity (Wildman–Crippen MR) is 81.1 cm³/mol. The number of thiophene rings is 1. The molecule has 1 aromatic heterocycles. The van der Waals surface area contributed by atoms with Crippen molar-refractivity contribution < 1.29 is 13.2 Å². The molecule has 0 spiro atoms. The molecule has 0 aliphatic heterocycles. The molecular weight excluding hydrogens is 318 g/mol. The number of ether oxygens (including phenoxy) is 1. The first-order chi connectivity index (χ1) is 9.44. The van der Waals surface area contributed by atoms with Crippen LogP contribution in [0.2, 0.25) is 5.02 Å². The lowest BCUT2D eigenvalue weighted by Crippen LogP contribution is -2.26. The lowest BCUT2D eigenvalue weighted by Gasteiger charge is -2.15. The summed E-state index contributed by atoms with van der Waals surface area (Å²) in [5, 5.41) is 2.25. The van der Waals surface area contributed by atoms with Crippen molar-refractivity contribution in [1.82, 2.24) is 4.72 Å². The zero-order valence-electron chi connectivity index (χ0n) is 11.0. The van der Waals surface area contributed by atoms with Gasteiger partial charge in [-0.2, -0.15) is 0 Å². The van der Waals surface area contributed by atoms with Gasteiger partial charge in [0.25, 0.3) is 0 Å². The molecule has 0 amide bonds. The van der Waals surface area contributed by atoms with E-state index in [1.165, 1.54) is 30.6 Å². The molecule has 0 radical (unpaired) electrons. The molecule has 108 valence electrons. The van der Waals surface area contributed by atoms with E-state index in [1.807, 2.05) is 17.5 Å². The second-order valence-corrected chi connectivity index (χ2v) is 7.25. The summed E-state index contributed by atoms with van der Waals surface area (Å²) in [4.78, 5) is 0.977. The Bertz CT molecular complexity index is 684. The van der Waals surface area contributed by atoms with Crippen LogP contribution in [0.25, 0.3) is 0 Å².